The van der Waals surface area contributed by atoms with Crippen LogP contribution in [0, 0.1) is 4.77 Å². The third kappa shape index (κ3) is 4.76. The van der Waals surface area contributed by atoms with Crippen LogP contribution < -0.4 is 14.9 Å². The fraction of sp³-hybridized carbons (Fsp3) is 0.176. The minimum absolute atomic E-state index is 0.265. The van der Waals surface area contributed by atoms with Crippen LogP contribution >= 0.6 is 51.3 Å². The molecule has 0 aliphatic rings. The van der Waals surface area contributed by atoms with Crippen LogP contribution in [0.2, 0.25) is 10.0 Å². The molecular weight excluding hydrogens is 475 g/mol. The van der Waals surface area contributed by atoms with Gasteiger partial charge in [-0.25, -0.2) is 4.68 Å². The molecular formula is C17H15BrCl2N4O2S. The normalized spacial score (nSPS) is 10.7. The average Bonchev–Trinajstić information content (AvgIpc) is 3.05. The Morgan fingerprint density at radius 1 is 1.30 bits per heavy atom. The highest BCUT2D eigenvalue weighted by molar-refractivity contribution is 9.10. The molecule has 0 bridgehead atoms. The second-order valence-corrected chi connectivity index (χ2v) is 7.53. The van der Waals surface area contributed by atoms with Gasteiger partial charge in [-0.05, 0) is 36.5 Å². The van der Waals surface area contributed by atoms with E-state index in [-0.39, 0.29) is 6.61 Å². The zero-order valence-corrected chi connectivity index (χ0v) is 18.0. The standard InChI is InChI=1S/C17H15BrCl2N4O2S/c1-25-15-5-4-13(18)12(7-22-24-9-21-23-17(24)27)16(15)26-8-10-2-3-11(19)6-14(10)20/h2-6,9,22H,7-8H2,1H3,(H,23,27). The van der Waals surface area contributed by atoms with Crippen LogP contribution in [0.4, 0.5) is 0 Å². The second-order valence-electron chi connectivity index (χ2n) is 5.45. The summed E-state index contributed by atoms with van der Waals surface area (Å²) in [5.74, 6) is 1.20. The van der Waals surface area contributed by atoms with Crippen molar-refractivity contribution in [3.63, 3.8) is 0 Å². The van der Waals surface area contributed by atoms with E-state index < -0.39 is 0 Å². The summed E-state index contributed by atoms with van der Waals surface area (Å²) in [4.78, 5) is 0. The summed E-state index contributed by atoms with van der Waals surface area (Å²) in [6, 6.07) is 9.01. The minimum atomic E-state index is 0.265. The first-order chi connectivity index (χ1) is 13.0. The van der Waals surface area contributed by atoms with E-state index in [0.29, 0.717) is 32.9 Å². The van der Waals surface area contributed by atoms with E-state index in [1.54, 1.807) is 30.2 Å². The molecule has 142 valence electrons. The lowest BCUT2D eigenvalue weighted by molar-refractivity contribution is 0.281. The molecule has 0 fully saturated rings. The summed E-state index contributed by atoms with van der Waals surface area (Å²) in [5.41, 5.74) is 4.85. The Kier molecular flexibility index (Phi) is 6.64. The van der Waals surface area contributed by atoms with Gasteiger partial charge < -0.3 is 14.9 Å². The molecule has 3 aromatic rings. The van der Waals surface area contributed by atoms with Crippen LogP contribution in [0.5, 0.6) is 11.5 Å². The molecule has 3 rings (SSSR count). The van der Waals surface area contributed by atoms with Gasteiger partial charge in [0.25, 0.3) is 0 Å². The van der Waals surface area contributed by atoms with E-state index in [2.05, 4.69) is 31.6 Å². The van der Waals surface area contributed by atoms with E-state index in [9.17, 15) is 0 Å². The van der Waals surface area contributed by atoms with Crippen molar-refractivity contribution in [3.8, 4) is 11.5 Å². The smallest absolute Gasteiger partial charge is 0.214 e. The van der Waals surface area contributed by atoms with Crippen LogP contribution in [-0.2, 0) is 13.2 Å². The molecule has 1 heterocycles. The number of hydrogen-bond donors (Lipinski definition) is 2. The molecule has 0 radical (unpaired) electrons. The van der Waals surface area contributed by atoms with Crippen molar-refractivity contribution in [1.82, 2.24) is 14.9 Å². The predicted octanol–water partition coefficient (Wildman–Crippen LogP) is 5.34. The second kappa shape index (κ2) is 8.97. The predicted molar refractivity (Wildman–Crippen MR) is 112 cm³/mol. The number of aromatic amines is 1. The number of ether oxygens (including phenoxy) is 2. The van der Waals surface area contributed by atoms with Gasteiger partial charge in [-0.2, -0.15) is 5.10 Å². The molecule has 0 aliphatic heterocycles. The van der Waals surface area contributed by atoms with Crippen molar-refractivity contribution in [1.29, 1.82) is 0 Å². The third-order valence-corrected chi connectivity index (χ3v) is 5.37. The number of hydrogen-bond acceptors (Lipinski definition) is 5. The number of nitrogens with zero attached hydrogens (tertiary/aromatic N) is 2. The zero-order chi connectivity index (χ0) is 19.4. The van der Waals surface area contributed by atoms with Gasteiger partial charge in [-0.1, -0.05) is 45.2 Å². The lowest BCUT2D eigenvalue weighted by Crippen LogP contribution is -2.15. The largest absolute Gasteiger partial charge is 0.493 e. The maximum absolute atomic E-state index is 6.24. The molecule has 0 amide bonds. The van der Waals surface area contributed by atoms with Gasteiger partial charge in [0, 0.05) is 25.6 Å². The Hall–Kier alpha value is -1.74. The summed E-state index contributed by atoms with van der Waals surface area (Å²) in [7, 11) is 1.59. The fourth-order valence-corrected chi connectivity index (χ4v) is 3.46. The summed E-state index contributed by atoms with van der Waals surface area (Å²) in [5, 5.41) is 7.69. The topological polar surface area (TPSA) is 64.1 Å². The Bertz CT molecular complexity index is 1010. The Balaban J connectivity index is 1.86. The highest BCUT2D eigenvalue weighted by Gasteiger charge is 2.16. The van der Waals surface area contributed by atoms with Gasteiger partial charge in [-0.3, -0.25) is 5.10 Å². The molecule has 10 heteroatoms. The summed E-state index contributed by atoms with van der Waals surface area (Å²) in [6.45, 7) is 0.691. The molecule has 1 aromatic heterocycles. The Morgan fingerprint density at radius 2 is 2.11 bits per heavy atom. The van der Waals surface area contributed by atoms with Gasteiger partial charge in [-0.15, -0.1) is 0 Å². The van der Waals surface area contributed by atoms with Gasteiger partial charge in [0.05, 0.1) is 13.7 Å². The molecule has 0 unspecified atom stereocenters. The van der Waals surface area contributed by atoms with Crippen molar-refractivity contribution in [3.05, 3.63) is 67.1 Å². The average molecular weight is 490 g/mol. The Labute approximate surface area is 179 Å². The quantitative estimate of drug-likeness (QED) is 0.438. The van der Waals surface area contributed by atoms with Crippen molar-refractivity contribution < 1.29 is 9.47 Å². The SMILES string of the molecule is COc1ccc(Br)c(CNn2cn[nH]c2=S)c1OCc1ccc(Cl)cc1Cl. The van der Waals surface area contributed by atoms with E-state index >= 15 is 0 Å². The summed E-state index contributed by atoms with van der Waals surface area (Å²) >= 11 is 20.9. The van der Waals surface area contributed by atoms with Crippen molar-refractivity contribution >= 4 is 51.3 Å². The van der Waals surface area contributed by atoms with E-state index in [1.165, 1.54) is 0 Å². The van der Waals surface area contributed by atoms with Crippen LogP contribution in [0.3, 0.4) is 0 Å². The van der Waals surface area contributed by atoms with Gasteiger partial charge >= 0.3 is 0 Å². The molecule has 0 saturated carbocycles. The number of halogens is 3. The van der Waals surface area contributed by atoms with E-state index in [4.69, 9.17) is 44.9 Å². The molecule has 2 aromatic carbocycles. The van der Waals surface area contributed by atoms with Crippen LogP contribution in [-0.4, -0.2) is 22.0 Å². The number of methoxy groups -OCH3 is 1. The molecule has 0 aliphatic carbocycles. The summed E-state index contributed by atoms with van der Waals surface area (Å²) < 4.78 is 14.5. The van der Waals surface area contributed by atoms with E-state index in [0.717, 1.165) is 15.6 Å². The maximum Gasteiger partial charge on any atom is 0.214 e. The first-order valence-corrected chi connectivity index (χ1v) is 9.73. The first-order valence-electron chi connectivity index (χ1n) is 7.77. The lowest BCUT2D eigenvalue weighted by Gasteiger charge is -2.18. The number of H-pyrrole nitrogens is 1. The Morgan fingerprint density at radius 3 is 2.78 bits per heavy atom. The summed E-state index contributed by atoms with van der Waals surface area (Å²) in [6.07, 6.45) is 1.56. The van der Waals surface area contributed by atoms with Crippen LogP contribution in [0.15, 0.2) is 41.1 Å². The zero-order valence-electron chi connectivity index (χ0n) is 14.1. The molecule has 27 heavy (non-hydrogen) atoms. The van der Waals surface area contributed by atoms with Gasteiger partial charge in [0.1, 0.15) is 12.9 Å². The molecule has 0 atom stereocenters. The van der Waals surface area contributed by atoms with Crippen molar-refractivity contribution in [2.45, 2.75) is 13.2 Å². The minimum Gasteiger partial charge on any atom is -0.493 e. The number of aromatic nitrogens is 3. The third-order valence-electron chi connectivity index (χ3n) is 3.75. The van der Waals surface area contributed by atoms with Gasteiger partial charge in [0.2, 0.25) is 4.77 Å². The number of nitrogens with one attached hydrogen (secondary N) is 2. The van der Waals surface area contributed by atoms with Gasteiger partial charge in [0.15, 0.2) is 11.5 Å². The highest BCUT2D eigenvalue weighted by atomic mass is 79.9. The van der Waals surface area contributed by atoms with Crippen LogP contribution in [0.1, 0.15) is 11.1 Å². The highest BCUT2D eigenvalue weighted by Crippen LogP contribution is 2.37. The molecule has 0 spiro atoms. The molecule has 0 saturated heterocycles. The molecule has 6 nitrogen and oxygen atoms in total. The van der Waals surface area contributed by atoms with E-state index in [1.807, 2.05) is 18.2 Å². The molecule has 2 N–H and O–H groups in total. The van der Waals surface area contributed by atoms with Crippen molar-refractivity contribution in [2.75, 3.05) is 12.5 Å². The fourth-order valence-electron chi connectivity index (χ4n) is 2.38. The first kappa shape index (κ1) is 20.0. The monoisotopic (exact) mass is 488 g/mol. The van der Waals surface area contributed by atoms with Crippen molar-refractivity contribution in [2.24, 2.45) is 0 Å². The van der Waals surface area contributed by atoms with Crippen LogP contribution in [0.25, 0.3) is 0 Å². The maximum atomic E-state index is 6.24. The number of benzene rings is 2. The lowest BCUT2D eigenvalue weighted by atomic mass is 10.1. The number of rotatable bonds is 7.